The van der Waals surface area contributed by atoms with Gasteiger partial charge in [0, 0.05) is 12.1 Å². The third-order valence-corrected chi connectivity index (χ3v) is 2.92. The molecule has 19 heavy (non-hydrogen) atoms. The summed E-state index contributed by atoms with van der Waals surface area (Å²) in [6.07, 6.45) is 1.75. The van der Waals surface area contributed by atoms with Crippen LogP contribution in [0.4, 0.5) is 0 Å². The van der Waals surface area contributed by atoms with Crippen LogP contribution in [0.25, 0.3) is 0 Å². The van der Waals surface area contributed by atoms with Crippen molar-refractivity contribution in [1.82, 2.24) is 10.6 Å². The van der Waals surface area contributed by atoms with Crippen LogP contribution in [0.15, 0.2) is 30.9 Å². The minimum absolute atomic E-state index is 0.00913. The maximum atomic E-state index is 5.35. The van der Waals surface area contributed by atoms with Crippen LogP contribution in [-0.4, -0.2) is 25.9 Å². The standard InChI is InChI=1S/C14H20N2O2S/c1-5-8-15-14(19)16-10(2)12-9-11(17-3)6-7-13(12)18-4/h5-7,9-10H,1,8H2,2-4H3,(H2,15,16,19)/t10-/m0/s1. The Labute approximate surface area is 119 Å². The van der Waals surface area contributed by atoms with E-state index in [1.807, 2.05) is 25.1 Å². The van der Waals surface area contributed by atoms with Gasteiger partial charge in [-0.25, -0.2) is 0 Å². The molecule has 0 aliphatic heterocycles. The number of nitrogens with one attached hydrogen (secondary N) is 2. The minimum Gasteiger partial charge on any atom is -0.497 e. The van der Waals surface area contributed by atoms with Crippen molar-refractivity contribution in [3.8, 4) is 11.5 Å². The lowest BCUT2D eigenvalue weighted by Crippen LogP contribution is -2.36. The summed E-state index contributed by atoms with van der Waals surface area (Å²) >= 11 is 5.19. The SMILES string of the molecule is C=CCNC(=S)N[C@@H](C)c1cc(OC)ccc1OC. The second kappa shape index (κ2) is 7.63. The molecule has 0 radical (unpaired) electrons. The Balaban J connectivity index is 2.82. The first kappa shape index (κ1) is 15.3. The van der Waals surface area contributed by atoms with Gasteiger partial charge in [0.15, 0.2) is 5.11 Å². The summed E-state index contributed by atoms with van der Waals surface area (Å²) in [6, 6.07) is 5.69. The predicted molar refractivity (Wildman–Crippen MR) is 81.9 cm³/mol. The number of thiocarbonyl (C=S) groups is 1. The summed E-state index contributed by atoms with van der Waals surface area (Å²) in [4.78, 5) is 0. The second-order valence-corrected chi connectivity index (χ2v) is 4.38. The molecular weight excluding hydrogens is 260 g/mol. The average molecular weight is 280 g/mol. The monoisotopic (exact) mass is 280 g/mol. The van der Waals surface area contributed by atoms with E-state index in [1.54, 1.807) is 20.3 Å². The second-order valence-electron chi connectivity index (χ2n) is 3.97. The lowest BCUT2D eigenvalue weighted by molar-refractivity contribution is 0.395. The van der Waals surface area contributed by atoms with Gasteiger partial charge in [-0.1, -0.05) is 6.08 Å². The van der Waals surface area contributed by atoms with E-state index in [9.17, 15) is 0 Å². The first-order valence-corrected chi connectivity index (χ1v) is 6.40. The van der Waals surface area contributed by atoms with E-state index in [2.05, 4.69) is 17.2 Å². The highest BCUT2D eigenvalue weighted by molar-refractivity contribution is 7.80. The van der Waals surface area contributed by atoms with E-state index in [-0.39, 0.29) is 6.04 Å². The normalized spacial score (nSPS) is 11.3. The summed E-state index contributed by atoms with van der Waals surface area (Å²) in [5, 5.41) is 6.80. The summed E-state index contributed by atoms with van der Waals surface area (Å²) in [5.41, 5.74) is 0.990. The van der Waals surface area contributed by atoms with Gasteiger partial charge in [0.1, 0.15) is 11.5 Å². The van der Waals surface area contributed by atoms with Crippen LogP contribution in [0.5, 0.6) is 11.5 Å². The van der Waals surface area contributed by atoms with Gasteiger partial charge in [0.05, 0.1) is 20.3 Å². The summed E-state index contributed by atoms with van der Waals surface area (Å²) in [6.45, 7) is 6.28. The van der Waals surface area contributed by atoms with Crippen molar-refractivity contribution < 1.29 is 9.47 Å². The average Bonchev–Trinajstić information content (AvgIpc) is 2.44. The molecule has 104 valence electrons. The molecule has 1 atom stereocenters. The van der Waals surface area contributed by atoms with Crippen LogP contribution in [0.2, 0.25) is 0 Å². The fraction of sp³-hybridized carbons (Fsp3) is 0.357. The number of ether oxygens (including phenoxy) is 2. The number of hydrogen-bond donors (Lipinski definition) is 2. The molecule has 2 N–H and O–H groups in total. The molecule has 0 spiro atoms. The third kappa shape index (κ3) is 4.44. The minimum atomic E-state index is 0.00913. The Morgan fingerprint density at radius 3 is 2.74 bits per heavy atom. The highest BCUT2D eigenvalue weighted by Gasteiger charge is 2.13. The van der Waals surface area contributed by atoms with Crippen LogP contribution >= 0.6 is 12.2 Å². The number of rotatable bonds is 6. The first-order valence-electron chi connectivity index (χ1n) is 5.99. The zero-order valence-electron chi connectivity index (χ0n) is 11.5. The maximum absolute atomic E-state index is 5.35. The van der Waals surface area contributed by atoms with E-state index in [4.69, 9.17) is 21.7 Å². The molecule has 0 amide bonds. The number of methoxy groups -OCH3 is 2. The number of hydrogen-bond acceptors (Lipinski definition) is 3. The van der Waals surface area contributed by atoms with Gasteiger partial charge in [0.2, 0.25) is 0 Å². The summed E-state index contributed by atoms with van der Waals surface area (Å²) in [5.74, 6) is 1.58. The molecule has 1 rings (SSSR count). The van der Waals surface area contributed by atoms with Crippen molar-refractivity contribution in [1.29, 1.82) is 0 Å². The van der Waals surface area contributed by atoms with E-state index in [0.29, 0.717) is 11.7 Å². The van der Waals surface area contributed by atoms with Gasteiger partial charge < -0.3 is 20.1 Å². The summed E-state index contributed by atoms with van der Waals surface area (Å²) < 4.78 is 10.6. The Bertz CT molecular complexity index is 449. The predicted octanol–water partition coefficient (Wildman–Crippen LogP) is 2.41. The molecule has 4 nitrogen and oxygen atoms in total. The molecule has 0 aromatic heterocycles. The van der Waals surface area contributed by atoms with Crippen LogP contribution in [0.3, 0.4) is 0 Å². The highest BCUT2D eigenvalue weighted by Crippen LogP contribution is 2.29. The molecule has 0 bridgehead atoms. The van der Waals surface area contributed by atoms with Crippen LogP contribution in [0, 0.1) is 0 Å². The molecule has 1 aromatic rings. The Morgan fingerprint density at radius 1 is 1.42 bits per heavy atom. The molecule has 0 saturated carbocycles. The van der Waals surface area contributed by atoms with Gasteiger partial charge in [-0.15, -0.1) is 6.58 Å². The zero-order valence-corrected chi connectivity index (χ0v) is 12.3. The largest absolute Gasteiger partial charge is 0.497 e. The lowest BCUT2D eigenvalue weighted by atomic mass is 10.1. The first-order chi connectivity index (χ1) is 9.12. The van der Waals surface area contributed by atoms with E-state index >= 15 is 0 Å². The molecule has 5 heteroatoms. The van der Waals surface area contributed by atoms with E-state index in [1.165, 1.54) is 0 Å². The van der Waals surface area contributed by atoms with Gasteiger partial charge in [-0.3, -0.25) is 0 Å². The molecule has 0 heterocycles. The fourth-order valence-electron chi connectivity index (χ4n) is 1.67. The van der Waals surface area contributed by atoms with Crippen LogP contribution in [0.1, 0.15) is 18.5 Å². The van der Waals surface area contributed by atoms with Gasteiger partial charge in [0.25, 0.3) is 0 Å². The molecular formula is C14H20N2O2S. The molecule has 1 aromatic carbocycles. The van der Waals surface area contributed by atoms with E-state index in [0.717, 1.165) is 17.1 Å². The van der Waals surface area contributed by atoms with Gasteiger partial charge >= 0.3 is 0 Å². The molecule has 0 aliphatic carbocycles. The summed E-state index contributed by atoms with van der Waals surface area (Å²) in [7, 11) is 3.28. The maximum Gasteiger partial charge on any atom is 0.167 e. The van der Waals surface area contributed by atoms with Gasteiger partial charge in [-0.2, -0.15) is 0 Å². The van der Waals surface area contributed by atoms with Crippen molar-refractivity contribution in [2.75, 3.05) is 20.8 Å². The van der Waals surface area contributed by atoms with Crippen molar-refractivity contribution in [2.45, 2.75) is 13.0 Å². The molecule has 0 aliphatic rings. The van der Waals surface area contributed by atoms with Crippen LogP contribution < -0.4 is 20.1 Å². The topological polar surface area (TPSA) is 42.5 Å². The highest BCUT2D eigenvalue weighted by atomic mass is 32.1. The quantitative estimate of drug-likeness (QED) is 0.619. The lowest BCUT2D eigenvalue weighted by Gasteiger charge is -2.19. The van der Waals surface area contributed by atoms with Gasteiger partial charge in [-0.05, 0) is 37.3 Å². The molecule has 0 fully saturated rings. The Kier molecular flexibility index (Phi) is 6.15. The van der Waals surface area contributed by atoms with Crippen LogP contribution in [-0.2, 0) is 0 Å². The number of benzene rings is 1. The third-order valence-electron chi connectivity index (χ3n) is 2.66. The van der Waals surface area contributed by atoms with E-state index < -0.39 is 0 Å². The Morgan fingerprint density at radius 2 is 2.16 bits per heavy atom. The zero-order chi connectivity index (χ0) is 14.3. The Hall–Kier alpha value is -1.75. The smallest absolute Gasteiger partial charge is 0.167 e. The van der Waals surface area contributed by atoms with Crippen molar-refractivity contribution >= 4 is 17.3 Å². The molecule has 0 unspecified atom stereocenters. The fourth-order valence-corrected chi connectivity index (χ4v) is 1.93. The van der Waals surface area contributed by atoms with Crippen molar-refractivity contribution in [2.24, 2.45) is 0 Å². The van der Waals surface area contributed by atoms with Crippen molar-refractivity contribution in [3.05, 3.63) is 36.4 Å². The van der Waals surface area contributed by atoms with Crippen molar-refractivity contribution in [3.63, 3.8) is 0 Å². The molecule has 0 saturated heterocycles.